The van der Waals surface area contributed by atoms with Crippen molar-refractivity contribution in [1.29, 1.82) is 0 Å². The minimum Gasteiger partial charge on any atom is -0.396 e. The van der Waals surface area contributed by atoms with Gasteiger partial charge in [0.2, 0.25) is 0 Å². The van der Waals surface area contributed by atoms with E-state index in [1.165, 1.54) is 76.9 Å². The second kappa shape index (κ2) is 3.61. The van der Waals surface area contributed by atoms with Crippen LogP contribution in [0.2, 0.25) is 0 Å². The molecule has 23 unspecified atom stereocenters. The van der Waals surface area contributed by atoms with Gasteiger partial charge in [0.05, 0.1) is 0 Å². The van der Waals surface area contributed by atoms with Gasteiger partial charge < -0.3 is 5.11 Å². The van der Waals surface area contributed by atoms with E-state index in [2.05, 4.69) is 13.8 Å². The first-order valence-electron chi connectivity index (χ1n) is 13.4. The van der Waals surface area contributed by atoms with Crippen LogP contribution < -0.4 is 0 Å². The summed E-state index contributed by atoms with van der Waals surface area (Å²) in [7, 11) is 0. The molecule has 1 nitrogen and oxygen atoms in total. The molecule has 11 saturated carbocycles. The van der Waals surface area contributed by atoms with E-state index in [4.69, 9.17) is 0 Å². The van der Waals surface area contributed by atoms with E-state index in [0.717, 1.165) is 59.2 Å². The van der Waals surface area contributed by atoms with Crippen LogP contribution in [0.25, 0.3) is 0 Å². The van der Waals surface area contributed by atoms with Crippen molar-refractivity contribution in [2.75, 3.05) is 6.61 Å². The van der Waals surface area contributed by atoms with Gasteiger partial charge in [-0.2, -0.15) is 0 Å². The molecule has 0 aromatic carbocycles. The van der Waals surface area contributed by atoms with Crippen molar-refractivity contribution in [2.45, 2.75) is 20.3 Å². The zero-order valence-corrected chi connectivity index (χ0v) is 17.1. The van der Waals surface area contributed by atoms with Crippen LogP contribution in [0.4, 0.5) is 0 Å². The molecule has 1 N–H and O–H groups in total. The molecular weight excluding hydrogens is 340 g/mol. The third-order valence-corrected chi connectivity index (χ3v) is 15.8. The van der Waals surface area contributed by atoms with E-state index in [1.807, 2.05) is 0 Å². The molecule has 11 rings (SSSR count). The van der Waals surface area contributed by atoms with Crippen molar-refractivity contribution in [1.82, 2.24) is 0 Å². The average Bonchev–Trinajstić information content (AvgIpc) is 3.26. The Bertz CT molecular complexity index is 879. The maximum absolute atomic E-state index is 10.4. The Morgan fingerprint density at radius 2 is 0.786 bits per heavy atom. The van der Waals surface area contributed by atoms with Gasteiger partial charge in [-0.1, -0.05) is 13.8 Å². The Kier molecular flexibility index (Phi) is 1.82. The summed E-state index contributed by atoms with van der Waals surface area (Å²) in [5.41, 5.74) is 0. The summed E-state index contributed by atoms with van der Waals surface area (Å²) < 4.78 is 0. The molecule has 0 radical (unpaired) electrons. The highest BCUT2D eigenvalue weighted by Gasteiger charge is 2.92. The Labute approximate surface area is 168 Å². The Balaban J connectivity index is 0.937. The number of fused-ring (bicyclic) bond motifs is 27. The van der Waals surface area contributed by atoms with Crippen LogP contribution in [-0.2, 0) is 0 Å². The van der Waals surface area contributed by atoms with Crippen LogP contribution >= 0.6 is 0 Å². The monoisotopic (exact) mass is 374 g/mol. The molecule has 0 heterocycles. The second-order valence-electron chi connectivity index (χ2n) is 14.5. The van der Waals surface area contributed by atoms with Crippen LogP contribution in [-0.4, -0.2) is 11.7 Å². The lowest BCUT2D eigenvalue weighted by molar-refractivity contribution is -0.470. The van der Waals surface area contributed by atoms with E-state index >= 15 is 0 Å². The maximum Gasteiger partial charge on any atom is 0.0464 e. The number of rotatable bonds is 1. The van der Waals surface area contributed by atoms with Gasteiger partial charge in [-0.05, 0) is 143 Å². The Morgan fingerprint density at radius 3 is 1.25 bits per heavy atom. The molecule has 0 saturated heterocycles. The third kappa shape index (κ3) is 0.929. The first-order chi connectivity index (χ1) is 13.8. The zero-order chi connectivity index (χ0) is 17.7. The van der Waals surface area contributed by atoms with Crippen LogP contribution in [0.5, 0.6) is 0 Å². The number of hydrogen-bond acceptors (Lipinski definition) is 1. The lowest BCUT2D eigenvalue weighted by Crippen LogP contribution is -2.90. The van der Waals surface area contributed by atoms with Crippen LogP contribution in [0.15, 0.2) is 0 Å². The fraction of sp³-hybridized carbons (Fsp3) is 1.00. The fourth-order valence-corrected chi connectivity index (χ4v) is 15.5. The zero-order valence-electron chi connectivity index (χ0n) is 17.1. The van der Waals surface area contributed by atoms with Gasteiger partial charge in [0, 0.05) is 6.61 Å². The van der Waals surface area contributed by atoms with Gasteiger partial charge in [0.15, 0.2) is 0 Å². The van der Waals surface area contributed by atoms with Crippen LogP contribution in [0.3, 0.4) is 0 Å². The highest BCUT2D eigenvalue weighted by Crippen LogP contribution is 2.95. The molecule has 0 bridgehead atoms. The quantitative estimate of drug-likeness (QED) is 0.694. The summed E-state index contributed by atoms with van der Waals surface area (Å²) in [4.78, 5) is 0. The molecular formula is C27H34O. The molecule has 1 heteroatoms. The Hall–Kier alpha value is -0.0400. The van der Waals surface area contributed by atoms with Crippen LogP contribution in [0, 0.1) is 136 Å². The summed E-state index contributed by atoms with van der Waals surface area (Å²) in [6, 6.07) is 0. The first kappa shape index (κ1) is 14.1. The number of aliphatic hydroxyl groups is 1. The number of aliphatic hydroxyl groups excluding tert-OH is 1. The Morgan fingerprint density at radius 1 is 0.464 bits per heavy atom. The van der Waals surface area contributed by atoms with Crippen LogP contribution in [0.1, 0.15) is 20.3 Å². The van der Waals surface area contributed by atoms with Crippen molar-refractivity contribution in [3.8, 4) is 0 Å². The van der Waals surface area contributed by atoms with Crippen molar-refractivity contribution in [2.24, 2.45) is 136 Å². The fourth-order valence-electron chi connectivity index (χ4n) is 15.5. The topological polar surface area (TPSA) is 20.2 Å². The summed E-state index contributed by atoms with van der Waals surface area (Å²) >= 11 is 0. The highest BCUT2D eigenvalue weighted by molar-refractivity contribution is 5.39. The van der Waals surface area contributed by atoms with Gasteiger partial charge in [-0.25, -0.2) is 0 Å². The minimum atomic E-state index is 0.549. The molecule has 148 valence electrons. The lowest BCUT2D eigenvalue weighted by atomic mass is 9.11. The predicted molar refractivity (Wildman–Crippen MR) is 103 cm³/mol. The van der Waals surface area contributed by atoms with Crippen molar-refractivity contribution < 1.29 is 5.11 Å². The SMILES string of the molecule is CC1C(C)C2C1C1C2C2C1C1C3C4C5C(CO)C6C7C8CC8C7C6C5C4C3C21. The van der Waals surface area contributed by atoms with Gasteiger partial charge in [0.25, 0.3) is 0 Å². The molecule has 0 aromatic heterocycles. The molecule has 0 amide bonds. The van der Waals surface area contributed by atoms with E-state index < -0.39 is 0 Å². The van der Waals surface area contributed by atoms with Gasteiger partial charge in [-0.3, -0.25) is 0 Å². The largest absolute Gasteiger partial charge is 0.396 e. The summed E-state index contributed by atoms with van der Waals surface area (Å²) in [6.45, 7) is 5.70. The van der Waals surface area contributed by atoms with Gasteiger partial charge in [-0.15, -0.1) is 0 Å². The third-order valence-electron chi connectivity index (χ3n) is 15.8. The highest BCUT2D eigenvalue weighted by atomic mass is 16.3. The maximum atomic E-state index is 10.4. The van der Waals surface area contributed by atoms with Crippen molar-refractivity contribution in [3.05, 3.63) is 0 Å². The molecule has 0 aromatic rings. The predicted octanol–water partition coefficient (Wildman–Crippen LogP) is 3.73. The standard InChI is InChI=1S/C27H34O/c1-5-6(2)11-10(5)16-17(11)22-21(16)25-24-20-15-9(4-28)14-12-7-3-8(7)13(12)18(14)19(15)23(20)27(24)26(22)25/h5-28H,3-4H2,1-2H3. The molecule has 11 aliphatic rings. The van der Waals surface area contributed by atoms with E-state index in [-0.39, 0.29) is 0 Å². The summed E-state index contributed by atoms with van der Waals surface area (Å²) in [6.07, 6.45) is 1.59. The molecule has 0 spiro atoms. The smallest absolute Gasteiger partial charge is 0.0464 e. The lowest BCUT2D eigenvalue weighted by Gasteiger charge is -2.93. The normalized spacial score (nSPS) is 90.3. The van der Waals surface area contributed by atoms with E-state index in [1.54, 1.807) is 6.42 Å². The summed E-state index contributed by atoms with van der Waals surface area (Å²) in [5, 5.41) is 10.4. The number of hydrogen-bond donors (Lipinski definition) is 1. The van der Waals surface area contributed by atoms with Gasteiger partial charge >= 0.3 is 0 Å². The van der Waals surface area contributed by atoms with Gasteiger partial charge in [0.1, 0.15) is 0 Å². The molecule has 23 atom stereocenters. The molecule has 11 aliphatic carbocycles. The second-order valence-corrected chi connectivity index (χ2v) is 14.5. The van der Waals surface area contributed by atoms with E-state index in [0.29, 0.717) is 6.61 Å². The van der Waals surface area contributed by atoms with Crippen molar-refractivity contribution in [3.63, 3.8) is 0 Å². The first-order valence-corrected chi connectivity index (χ1v) is 13.4. The molecule has 28 heavy (non-hydrogen) atoms. The summed E-state index contributed by atoms with van der Waals surface area (Å²) in [5.74, 6) is 26.0. The average molecular weight is 375 g/mol. The van der Waals surface area contributed by atoms with E-state index in [9.17, 15) is 5.11 Å². The molecule has 0 aliphatic heterocycles. The minimum absolute atomic E-state index is 0.549. The molecule has 11 fully saturated rings. The van der Waals surface area contributed by atoms with Crippen molar-refractivity contribution >= 4 is 0 Å².